The Morgan fingerprint density at radius 1 is 0.905 bits per heavy atom. The largest absolute Gasteiger partial charge is 0.442 e. The van der Waals surface area contributed by atoms with Gasteiger partial charge in [0.25, 0.3) is 0 Å². The maximum Gasteiger partial charge on any atom is 0.442 e. The highest BCUT2D eigenvalue weighted by atomic mass is 32.2. The summed E-state index contributed by atoms with van der Waals surface area (Å²) in [4.78, 5) is 3.24. The van der Waals surface area contributed by atoms with Gasteiger partial charge in [0.2, 0.25) is 0 Å². The number of fused-ring (bicyclic) bond motifs is 1. The van der Waals surface area contributed by atoms with Crippen molar-refractivity contribution in [1.29, 1.82) is 0 Å². The standard InChI is InChI=1S/C16H12F3NS/c17-16(18,19)21-10-13-12-8-4-5-9-14(12)20-15(13)11-6-2-1-3-7-11/h1-9,20H,10H2. The minimum absolute atomic E-state index is 0.00503. The zero-order chi connectivity index (χ0) is 14.9. The molecule has 5 heteroatoms. The van der Waals surface area contributed by atoms with Crippen LogP contribution in [-0.4, -0.2) is 10.5 Å². The van der Waals surface area contributed by atoms with Crippen LogP contribution < -0.4 is 0 Å². The Balaban J connectivity index is 2.10. The van der Waals surface area contributed by atoms with E-state index in [0.717, 1.165) is 22.2 Å². The fraction of sp³-hybridized carbons (Fsp3) is 0.125. The fourth-order valence-corrected chi connectivity index (χ4v) is 2.96. The van der Waals surface area contributed by atoms with E-state index in [0.29, 0.717) is 5.56 Å². The molecule has 0 unspecified atom stereocenters. The molecule has 0 saturated heterocycles. The lowest BCUT2D eigenvalue weighted by molar-refractivity contribution is -0.0329. The third kappa shape index (κ3) is 3.08. The van der Waals surface area contributed by atoms with Crippen molar-refractivity contribution < 1.29 is 13.2 Å². The summed E-state index contributed by atoms with van der Waals surface area (Å²) in [5.74, 6) is -0.0995. The molecule has 2 aromatic carbocycles. The number of halogens is 3. The van der Waals surface area contributed by atoms with Gasteiger partial charge in [0, 0.05) is 16.7 Å². The Labute approximate surface area is 124 Å². The molecule has 0 radical (unpaired) electrons. The molecular formula is C16H12F3NS. The van der Waals surface area contributed by atoms with E-state index in [1.807, 2.05) is 54.6 Å². The molecule has 108 valence electrons. The van der Waals surface area contributed by atoms with E-state index < -0.39 is 5.51 Å². The zero-order valence-electron chi connectivity index (χ0n) is 10.9. The second-order valence-corrected chi connectivity index (χ2v) is 5.66. The van der Waals surface area contributed by atoms with Crippen LogP contribution in [0.1, 0.15) is 5.56 Å². The predicted octanol–water partition coefficient (Wildman–Crippen LogP) is 5.59. The van der Waals surface area contributed by atoms with Crippen LogP contribution >= 0.6 is 11.8 Å². The van der Waals surface area contributed by atoms with Gasteiger partial charge in [0.15, 0.2) is 0 Å². The fourth-order valence-electron chi connectivity index (χ4n) is 2.36. The first-order valence-electron chi connectivity index (χ1n) is 6.40. The van der Waals surface area contributed by atoms with E-state index in [4.69, 9.17) is 0 Å². The summed E-state index contributed by atoms with van der Waals surface area (Å²) in [6.45, 7) is 0. The summed E-state index contributed by atoms with van der Waals surface area (Å²) >= 11 is -0.00503. The number of benzene rings is 2. The molecule has 1 nitrogen and oxygen atoms in total. The van der Waals surface area contributed by atoms with Crippen LogP contribution in [0.15, 0.2) is 54.6 Å². The maximum atomic E-state index is 12.5. The SMILES string of the molecule is FC(F)(F)SCc1c(-c2ccccc2)[nH]c2ccccc12. The summed E-state index contributed by atoms with van der Waals surface area (Å²) in [6, 6.07) is 16.9. The van der Waals surface area contributed by atoms with E-state index in [1.54, 1.807) is 0 Å². The molecule has 3 aromatic rings. The maximum absolute atomic E-state index is 12.5. The third-order valence-corrected chi connectivity index (χ3v) is 4.02. The average molecular weight is 307 g/mol. The van der Waals surface area contributed by atoms with Crippen molar-refractivity contribution in [2.24, 2.45) is 0 Å². The first-order valence-corrected chi connectivity index (χ1v) is 7.39. The lowest BCUT2D eigenvalue weighted by atomic mass is 10.1. The summed E-state index contributed by atoms with van der Waals surface area (Å²) in [7, 11) is 0. The lowest BCUT2D eigenvalue weighted by Crippen LogP contribution is -2.00. The number of hydrogen-bond acceptors (Lipinski definition) is 1. The Morgan fingerprint density at radius 3 is 2.29 bits per heavy atom. The van der Waals surface area contributed by atoms with Crippen LogP contribution in [0.4, 0.5) is 13.2 Å². The monoisotopic (exact) mass is 307 g/mol. The zero-order valence-corrected chi connectivity index (χ0v) is 11.8. The number of alkyl halides is 3. The number of thioether (sulfide) groups is 1. The van der Waals surface area contributed by atoms with Crippen LogP contribution in [0.2, 0.25) is 0 Å². The van der Waals surface area contributed by atoms with E-state index in [-0.39, 0.29) is 17.5 Å². The van der Waals surface area contributed by atoms with E-state index >= 15 is 0 Å². The van der Waals surface area contributed by atoms with Crippen molar-refractivity contribution in [3.05, 3.63) is 60.2 Å². The molecule has 0 saturated carbocycles. The van der Waals surface area contributed by atoms with Crippen molar-refractivity contribution >= 4 is 22.7 Å². The van der Waals surface area contributed by atoms with E-state index in [9.17, 15) is 13.2 Å². The van der Waals surface area contributed by atoms with Gasteiger partial charge in [-0.25, -0.2) is 0 Å². The van der Waals surface area contributed by atoms with Gasteiger partial charge in [-0.15, -0.1) is 0 Å². The van der Waals surface area contributed by atoms with Gasteiger partial charge < -0.3 is 4.98 Å². The normalized spacial score (nSPS) is 12.0. The van der Waals surface area contributed by atoms with Crippen molar-refractivity contribution in [1.82, 2.24) is 4.98 Å². The Bertz CT molecular complexity index is 747. The molecule has 1 heterocycles. The summed E-state index contributed by atoms with van der Waals surface area (Å²) in [6.07, 6.45) is 0. The molecule has 0 bridgehead atoms. The average Bonchev–Trinajstić information content (AvgIpc) is 2.84. The molecule has 3 rings (SSSR count). The van der Waals surface area contributed by atoms with Crippen LogP contribution in [0.25, 0.3) is 22.2 Å². The van der Waals surface area contributed by atoms with Crippen molar-refractivity contribution in [3.8, 4) is 11.3 Å². The van der Waals surface area contributed by atoms with Gasteiger partial charge >= 0.3 is 5.51 Å². The Kier molecular flexibility index (Phi) is 3.68. The highest BCUT2D eigenvalue weighted by molar-refractivity contribution is 7.99. The molecule has 0 aliphatic heterocycles. The predicted molar refractivity (Wildman–Crippen MR) is 81.1 cm³/mol. The topological polar surface area (TPSA) is 15.8 Å². The molecular weight excluding hydrogens is 295 g/mol. The van der Waals surface area contributed by atoms with Crippen LogP contribution in [0, 0.1) is 0 Å². The van der Waals surface area contributed by atoms with Gasteiger partial charge in [-0.1, -0.05) is 48.5 Å². The molecule has 0 fully saturated rings. The van der Waals surface area contributed by atoms with Crippen molar-refractivity contribution in [3.63, 3.8) is 0 Å². The van der Waals surface area contributed by atoms with Gasteiger partial charge in [-0.3, -0.25) is 0 Å². The number of rotatable bonds is 3. The van der Waals surface area contributed by atoms with Gasteiger partial charge in [-0.2, -0.15) is 13.2 Å². The molecule has 0 atom stereocenters. The Morgan fingerprint density at radius 2 is 1.57 bits per heavy atom. The van der Waals surface area contributed by atoms with E-state index in [1.165, 1.54) is 0 Å². The number of nitrogens with one attached hydrogen (secondary N) is 1. The number of para-hydroxylation sites is 1. The number of hydrogen-bond donors (Lipinski definition) is 1. The quantitative estimate of drug-likeness (QED) is 0.667. The Hall–Kier alpha value is -1.88. The number of aromatic amines is 1. The smallest absolute Gasteiger partial charge is 0.354 e. The van der Waals surface area contributed by atoms with Crippen LogP contribution in [0.5, 0.6) is 0 Å². The number of H-pyrrole nitrogens is 1. The van der Waals surface area contributed by atoms with Crippen LogP contribution in [0.3, 0.4) is 0 Å². The minimum atomic E-state index is -4.23. The van der Waals surface area contributed by atoms with Gasteiger partial charge in [0.05, 0.1) is 5.69 Å². The van der Waals surface area contributed by atoms with E-state index in [2.05, 4.69) is 4.98 Å². The molecule has 21 heavy (non-hydrogen) atoms. The highest BCUT2D eigenvalue weighted by Crippen LogP contribution is 2.38. The summed E-state index contributed by atoms with van der Waals surface area (Å²) in [5, 5.41) is 0.841. The molecule has 0 spiro atoms. The first-order chi connectivity index (χ1) is 10.0. The van der Waals surface area contributed by atoms with Crippen molar-refractivity contribution in [2.75, 3.05) is 0 Å². The first kappa shape index (κ1) is 14.1. The highest BCUT2D eigenvalue weighted by Gasteiger charge is 2.29. The van der Waals surface area contributed by atoms with Crippen molar-refractivity contribution in [2.45, 2.75) is 11.3 Å². The molecule has 0 aliphatic carbocycles. The lowest BCUT2D eigenvalue weighted by Gasteiger charge is -2.07. The second-order valence-electron chi connectivity index (χ2n) is 4.62. The molecule has 0 aliphatic rings. The molecule has 1 aromatic heterocycles. The van der Waals surface area contributed by atoms with Gasteiger partial charge in [-0.05, 0) is 29.0 Å². The third-order valence-electron chi connectivity index (χ3n) is 3.26. The molecule has 0 amide bonds. The van der Waals surface area contributed by atoms with Gasteiger partial charge in [0.1, 0.15) is 0 Å². The molecule has 1 N–H and O–H groups in total. The van der Waals surface area contributed by atoms with Crippen LogP contribution in [-0.2, 0) is 5.75 Å². The second kappa shape index (κ2) is 5.48. The number of aromatic nitrogens is 1. The summed E-state index contributed by atoms with van der Waals surface area (Å²) < 4.78 is 37.6. The summed E-state index contributed by atoms with van der Waals surface area (Å²) in [5.41, 5.74) is -1.03. The minimum Gasteiger partial charge on any atom is -0.354 e.